The monoisotopic (exact) mass is 346 g/mol. The Morgan fingerprint density at radius 2 is 1.72 bits per heavy atom. The fraction of sp³-hybridized carbons (Fsp3) is 0.267. The predicted octanol–water partition coefficient (Wildman–Crippen LogP) is 0.807. The summed E-state index contributed by atoms with van der Waals surface area (Å²) in [4.78, 5) is 39.0. The molecule has 3 amide bonds. The van der Waals surface area contributed by atoms with Gasteiger partial charge in [-0.3, -0.25) is 4.79 Å². The van der Waals surface area contributed by atoms with Crippen molar-refractivity contribution in [3.63, 3.8) is 0 Å². The Morgan fingerprint density at radius 3 is 2.20 bits per heavy atom. The van der Waals surface area contributed by atoms with Crippen molar-refractivity contribution < 1.29 is 19.1 Å². The molecule has 132 valence electrons. The molecule has 0 saturated carbocycles. The topological polar surface area (TPSA) is 124 Å². The molecule has 0 radical (unpaired) electrons. The first-order chi connectivity index (χ1) is 11.9. The molecule has 2 N–H and O–H groups in total. The molecule has 0 unspecified atom stereocenters. The summed E-state index contributed by atoms with van der Waals surface area (Å²) in [7, 11) is 5.97. The number of nitrogens with two attached hydrogens (primary N) is 1. The van der Waals surface area contributed by atoms with Gasteiger partial charge in [0.25, 0.3) is 5.91 Å². The van der Waals surface area contributed by atoms with E-state index in [1.807, 2.05) is 0 Å². The van der Waals surface area contributed by atoms with Crippen molar-refractivity contribution in [2.75, 3.05) is 33.2 Å². The first-order valence-electron chi connectivity index (χ1n) is 7.12. The second-order valence-corrected chi connectivity index (χ2v) is 5.00. The maximum atomic E-state index is 12.4. The third kappa shape index (κ3) is 3.74. The highest BCUT2D eigenvalue weighted by Gasteiger charge is 2.27. The van der Waals surface area contributed by atoms with Crippen LogP contribution in [0.25, 0.3) is 0 Å². The van der Waals surface area contributed by atoms with Gasteiger partial charge in [0.15, 0.2) is 5.82 Å². The quantitative estimate of drug-likeness (QED) is 0.849. The molecule has 0 bridgehead atoms. The smallest absolute Gasteiger partial charge is 0.327 e. The van der Waals surface area contributed by atoms with Crippen LogP contribution in [0, 0.1) is 0 Å². The lowest BCUT2D eigenvalue weighted by Crippen LogP contribution is -2.35. The Labute approximate surface area is 144 Å². The molecule has 0 atom stereocenters. The van der Waals surface area contributed by atoms with Crippen molar-refractivity contribution in [3.05, 3.63) is 30.0 Å². The van der Waals surface area contributed by atoms with Gasteiger partial charge in [-0.1, -0.05) is 0 Å². The van der Waals surface area contributed by atoms with Gasteiger partial charge in [0.2, 0.25) is 17.7 Å². The van der Waals surface area contributed by atoms with Gasteiger partial charge in [0, 0.05) is 20.3 Å². The first-order valence-corrected chi connectivity index (χ1v) is 7.12. The fourth-order valence-corrected chi connectivity index (χ4v) is 1.98. The van der Waals surface area contributed by atoms with Gasteiger partial charge in [-0.2, -0.15) is 9.97 Å². The molecule has 2 aromatic heterocycles. The number of carbonyl (C=O) groups is 2. The molecule has 0 aromatic carbocycles. The summed E-state index contributed by atoms with van der Waals surface area (Å²) in [5.41, 5.74) is 5.65. The lowest BCUT2D eigenvalue weighted by molar-refractivity contribution is 0.0828. The average Bonchev–Trinajstić information content (AvgIpc) is 2.61. The normalized spacial score (nSPS) is 10.1. The molecule has 0 fully saturated rings. The van der Waals surface area contributed by atoms with Crippen molar-refractivity contribution in [1.82, 2.24) is 19.9 Å². The first kappa shape index (κ1) is 17.9. The van der Waals surface area contributed by atoms with E-state index >= 15 is 0 Å². The highest BCUT2D eigenvalue weighted by atomic mass is 16.5. The third-order valence-corrected chi connectivity index (χ3v) is 3.14. The summed E-state index contributed by atoms with van der Waals surface area (Å²) in [5.74, 6) is -0.169. The highest BCUT2D eigenvalue weighted by Crippen LogP contribution is 2.27. The number of hydrogen-bond donors (Lipinski definition) is 1. The van der Waals surface area contributed by atoms with Gasteiger partial charge in [0.1, 0.15) is 0 Å². The Hall–Kier alpha value is -3.43. The van der Waals surface area contributed by atoms with Crippen LogP contribution in [0.5, 0.6) is 11.8 Å². The molecule has 10 heteroatoms. The highest BCUT2D eigenvalue weighted by molar-refractivity contribution is 6.05. The fourth-order valence-electron chi connectivity index (χ4n) is 1.98. The summed E-state index contributed by atoms with van der Waals surface area (Å²) in [6.07, 6.45) is 1.43. The molecule has 25 heavy (non-hydrogen) atoms. The average molecular weight is 346 g/mol. The standard InChI is InChI=1S/C15H18N6O4/c1-20(2)13(22)9-6-5-7-17-12(9)21(14(16)23)15-18-10(24-3)8-11(19-15)25-4/h5-8H,1-4H3,(H2,16,23). The number of hydrogen-bond acceptors (Lipinski definition) is 7. The number of ether oxygens (including phenoxy) is 2. The number of methoxy groups -OCH3 is 2. The minimum atomic E-state index is -0.915. The lowest BCUT2D eigenvalue weighted by atomic mass is 10.2. The molecular formula is C15H18N6O4. The van der Waals surface area contributed by atoms with E-state index in [0.717, 1.165) is 4.90 Å². The Kier molecular flexibility index (Phi) is 5.32. The van der Waals surface area contributed by atoms with Crippen LogP contribution >= 0.6 is 0 Å². The molecule has 0 aliphatic carbocycles. The maximum Gasteiger partial charge on any atom is 0.327 e. The van der Waals surface area contributed by atoms with Crippen molar-refractivity contribution in [3.8, 4) is 11.8 Å². The minimum Gasteiger partial charge on any atom is -0.481 e. The van der Waals surface area contributed by atoms with Crippen molar-refractivity contribution in [2.24, 2.45) is 5.73 Å². The van der Waals surface area contributed by atoms with Crippen LogP contribution in [0.1, 0.15) is 10.4 Å². The van der Waals surface area contributed by atoms with Crippen molar-refractivity contribution in [2.45, 2.75) is 0 Å². The molecule has 2 heterocycles. The van der Waals surface area contributed by atoms with E-state index in [1.54, 1.807) is 20.2 Å². The second kappa shape index (κ2) is 7.43. The third-order valence-electron chi connectivity index (χ3n) is 3.14. The van der Waals surface area contributed by atoms with Crippen molar-refractivity contribution >= 4 is 23.7 Å². The van der Waals surface area contributed by atoms with E-state index < -0.39 is 6.03 Å². The minimum absolute atomic E-state index is 0.00371. The zero-order valence-electron chi connectivity index (χ0n) is 14.3. The van der Waals surface area contributed by atoms with E-state index in [1.165, 1.54) is 37.4 Å². The summed E-state index contributed by atoms with van der Waals surface area (Å²) < 4.78 is 10.1. The SMILES string of the molecule is COc1cc(OC)nc(N(C(N)=O)c2ncccc2C(=O)N(C)C)n1. The maximum absolute atomic E-state index is 12.4. The number of anilines is 2. The number of pyridine rings is 1. The number of aromatic nitrogens is 3. The summed E-state index contributed by atoms with van der Waals surface area (Å²) in [6, 6.07) is 3.62. The zero-order valence-corrected chi connectivity index (χ0v) is 14.3. The molecule has 0 saturated heterocycles. The number of urea groups is 1. The molecule has 0 aliphatic rings. The van der Waals surface area contributed by atoms with Gasteiger partial charge >= 0.3 is 6.03 Å². The van der Waals surface area contributed by atoms with E-state index in [0.29, 0.717) is 0 Å². The van der Waals surface area contributed by atoms with Gasteiger partial charge in [0.05, 0.1) is 25.8 Å². The van der Waals surface area contributed by atoms with Gasteiger partial charge < -0.3 is 20.1 Å². The van der Waals surface area contributed by atoms with Crippen LogP contribution in [0.4, 0.5) is 16.6 Å². The van der Waals surface area contributed by atoms with E-state index in [-0.39, 0.29) is 35.0 Å². The van der Waals surface area contributed by atoms with Crippen molar-refractivity contribution in [1.29, 1.82) is 0 Å². The van der Waals surface area contributed by atoms with Gasteiger partial charge in [-0.05, 0) is 12.1 Å². The van der Waals surface area contributed by atoms with Crippen LogP contribution in [-0.2, 0) is 0 Å². The number of nitrogens with zero attached hydrogens (tertiary/aromatic N) is 5. The number of carbonyl (C=O) groups excluding carboxylic acids is 2. The Balaban J connectivity index is 2.65. The molecule has 0 aliphatic heterocycles. The van der Waals surface area contributed by atoms with Crippen LogP contribution in [0.2, 0.25) is 0 Å². The van der Waals surface area contributed by atoms with E-state index in [9.17, 15) is 9.59 Å². The van der Waals surface area contributed by atoms with Crippen LogP contribution in [0.15, 0.2) is 24.4 Å². The Bertz CT molecular complexity index is 773. The molecular weight excluding hydrogens is 328 g/mol. The number of primary amides is 1. The molecule has 10 nitrogen and oxygen atoms in total. The van der Waals surface area contributed by atoms with Gasteiger partial charge in [-0.25, -0.2) is 14.7 Å². The summed E-state index contributed by atoms with van der Waals surface area (Å²) in [5, 5.41) is 0. The largest absolute Gasteiger partial charge is 0.481 e. The van der Waals surface area contributed by atoms with E-state index in [2.05, 4.69) is 15.0 Å². The number of amides is 3. The van der Waals surface area contributed by atoms with Crippen LogP contribution < -0.4 is 20.1 Å². The molecule has 2 aromatic rings. The zero-order chi connectivity index (χ0) is 18.6. The number of rotatable bonds is 5. The van der Waals surface area contributed by atoms with Crippen LogP contribution in [-0.4, -0.2) is 60.1 Å². The molecule has 2 rings (SSSR count). The van der Waals surface area contributed by atoms with E-state index in [4.69, 9.17) is 15.2 Å². The Morgan fingerprint density at radius 1 is 1.12 bits per heavy atom. The predicted molar refractivity (Wildman–Crippen MR) is 89.1 cm³/mol. The summed E-state index contributed by atoms with van der Waals surface area (Å²) in [6.45, 7) is 0. The van der Waals surface area contributed by atoms with Gasteiger partial charge in [-0.15, -0.1) is 0 Å². The molecule has 0 spiro atoms. The lowest BCUT2D eigenvalue weighted by Gasteiger charge is -2.21. The van der Waals surface area contributed by atoms with Crippen LogP contribution in [0.3, 0.4) is 0 Å². The second-order valence-electron chi connectivity index (χ2n) is 5.00. The summed E-state index contributed by atoms with van der Waals surface area (Å²) >= 11 is 0.